The van der Waals surface area contributed by atoms with Crippen LogP contribution < -0.4 is 10.6 Å². The van der Waals surface area contributed by atoms with Crippen LogP contribution in [0.25, 0.3) is 0 Å². The molecule has 1 heterocycles. The molecule has 4 rings (SSSR count). The third-order valence-electron chi connectivity index (χ3n) is 6.60. The third kappa shape index (κ3) is 6.35. The van der Waals surface area contributed by atoms with Gasteiger partial charge in [0.1, 0.15) is 0 Å². The Balaban J connectivity index is 1.50. The highest BCUT2D eigenvalue weighted by atomic mass is 19.4. The maximum atomic E-state index is 13.2. The first-order valence-corrected chi connectivity index (χ1v) is 11.5. The van der Waals surface area contributed by atoms with E-state index in [0.717, 1.165) is 18.4 Å². The van der Waals surface area contributed by atoms with Crippen molar-refractivity contribution in [1.29, 1.82) is 0 Å². The summed E-state index contributed by atoms with van der Waals surface area (Å²) in [4.78, 5) is 11.5. The minimum atomic E-state index is -4.90. The van der Waals surface area contributed by atoms with Gasteiger partial charge < -0.3 is 15.4 Å². The Kier molecular flexibility index (Phi) is 7.42. The molecule has 0 radical (unpaired) electrons. The molecule has 4 nitrogen and oxygen atoms in total. The number of benzene rings is 2. The SMILES string of the molecule is O=C1CC[C@@H](CN[C@@H]2CC[C@H](OCc3cc(C(F)(F)F)cc(C(F)(F)F)c3)[C@H]2c2ccccc2)N1. The van der Waals surface area contributed by atoms with Gasteiger partial charge in [-0.15, -0.1) is 0 Å². The molecule has 0 aromatic heterocycles. The lowest BCUT2D eigenvalue weighted by molar-refractivity contribution is -0.143. The van der Waals surface area contributed by atoms with Gasteiger partial charge in [-0.05, 0) is 48.6 Å². The Hall–Kier alpha value is -2.59. The molecule has 1 aliphatic carbocycles. The zero-order valence-corrected chi connectivity index (χ0v) is 18.8. The van der Waals surface area contributed by atoms with Crippen LogP contribution in [0.3, 0.4) is 0 Å². The average Bonchev–Trinajstić information content (AvgIpc) is 3.41. The molecule has 35 heavy (non-hydrogen) atoms. The van der Waals surface area contributed by atoms with Crippen molar-refractivity contribution in [2.24, 2.45) is 0 Å². The van der Waals surface area contributed by atoms with Gasteiger partial charge in [-0.1, -0.05) is 30.3 Å². The van der Waals surface area contributed by atoms with Gasteiger partial charge in [0, 0.05) is 31.0 Å². The summed E-state index contributed by atoms with van der Waals surface area (Å²) in [5.74, 6) is -0.121. The number of hydrogen-bond donors (Lipinski definition) is 2. The van der Waals surface area contributed by atoms with Crippen LogP contribution in [0, 0.1) is 0 Å². The topological polar surface area (TPSA) is 50.4 Å². The molecule has 2 aromatic carbocycles. The van der Waals surface area contributed by atoms with E-state index in [9.17, 15) is 31.1 Å². The molecule has 1 aliphatic heterocycles. The third-order valence-corrected chi connectivity index (χ3v) is 6.60. The van der Waals surface area contributed by atoms with Gasteiger partial charge in [-0.2, -0.15) is 26.3 Å². The average molecular weight is 500 g/mol. The normalized spacial score (nSPS) is 25.1. The van der Waals surface area contributed by atoms with Gasteiger partial charge in [-0.25, -0.2) is 0 Å². The lowest BCUT2D eigenvalue weighted by Gasteiger charge is -2.27. The molecular weight excluding hydrogens is 474 g/mol. The molecule has 0 unspecified atom stereocenters. The van der Waals surface area contributed by atoms with Crippen molar-refractivity contribution in [3.63, 3.8) is 0 Å². The van der Waals surface area contributed by atoms with Gasteiger partial charge in [0.25, 0.3) is 0 Å². The summed E-state index contributed by atoms with van der Waals surface area (Å²) < 4.78 is 85.2. The van der Waals surface area contributed by atoms with Crippen LogP contribution in [0.4, 0.5) is 26.3 Å². The molecule has 190 valence electrons. The highest BCUT2D eigenvalue weighted by molar-refractivity contribution is 5.78. The van der Waals surface area contributed by atoms with E-state index < -0.39 is 29.6 Å². The van der Waals surface area contributed by atoms with E-state index in [1.165, 1.54) is 0 Å². The smallest absolute Gasteiger partial charge is 0.373 e. The van der Waals surface area contributed by atoms with Crippen LogP contribution >= 0.6 is 0 Å². The van der Waals surface area contributed by atoms with Crippen LogP contribution in [0.2, 0.25) is 0 Å². The predicted octanol–water partition coefficient (Wildman–Crippen LogP) is 5.42. The fourth-order valence-electron chi connectivity index (χ4n) is 4.93. The molecule has 1 saturated carbocycles. The first kappa shape index (κ1) is 25.5. The number of amides is 1. The Morgan fingerprint density at radius 3 is 2.14 bits per heavy atom. The number of alkyl halides is 6. The van der Waals surface area contributed by atoms with Crippen molar-refractivity contribution in [2.45, 2.75) is 68.7 Å². The van der Waals surface area contributed by atoms with Crippen LogP contribution in [0.15, 0.2) is 48.5 Å². The molecule has 4 atom stereocenters. The molecule has 2 fully saturated rings. The Morgan fingerprint density at radius 2 is 1.57 bits per heavy atom. The fraction of sp³-hybridized carbons (Fsp3) is 0.480. The maximum absolute atomic E-state index is 13.2. The zero-order chi connectivity index (χ0) is 25.2. The van der Waals surface area contributed by atoms with Gasteiger partial charge in [0.05, 0.1) is 23.8 Å². The first-order chi connectivity index (χ1) is 16.5. The molecule has 0 bridgehead atoms. The summed E-state index contributed by atoms with van der Waals surface area (Å²) >= 11 is 0. The van der Waals surface area contributed by atoms with Crippen molar-refractivity contribution < 1.29 is 35.9 Å². The summed E-state index contributed by atoms with van der Waals surface area (Å²) in [6.45, 7) is 0.210. The number of nitrogens with one attached hydrogen (secondary N) is 2. The molecule has 2 N–H and O–H groups in total. The number of ether oxygens (including phenoxy) is 1. The highest BCUT2D eigenvalue weighted by Gasteiger charge is 2.39. The van der Waals surface area contributed by atoms with Gasteiger partial charge in [0.2, 0.25) is 5.91 Å². The van der Waals surface area contributed by atoms with Gasteiger partial charge in [-0.3, -0.25) is 4.79 Å². The van der Waals surface area contributed by atoms with Crippen molar-refractivity contribution in [1.82, 2.24) is 10.6 Å². The second kappa shape index (κ2) is 10.2. The number of hydrogen-bond acceptors (Lipinski definition) is 3. The number of halogens is 6. The van der Waals surface area contributed by atoms with Crippen LogP contribution in [-0.4, -0.2) is 30.6 Å². The van der Waals surface area contributed by atoms with E-state index in [2.05, 4.69) is 10.6 Å². The minimum absolute atomic E-state index is 0.00727. The van der Waals surface area contributed by atoms with Crippen LogP contribution in [0.5, 0.6) is 0 Å². The van der Waals surface area contributed by atoms with Crippen molar-refractivity contribution in [3.8, 4) is 0 Å². The summed E-state index contributed by atoms with van der Waals surface area (Å²) in [5.41, 5.74) is -1.91. The summed E-state index contributed by atoms with van der Waals surface area (Å²) in [5, 5.41) is 6.40. The zero-order valence-electron chi connectivity index (χ0n) is 18.8. The lowest BCUT2D eigenvalue weighted by atomic mass is 9.92. The lowest BCUT2D eigenvalue weighted by Crippen LogP contribution is -2.42. The number of carbonyl (C=O) groups is 1. The molecule has 2 aliphatic rings. The standard InChI is InChI=1S/C25H26F6N2O2/c26-24(27,28)17-10-15(11-18(12-17)25(29,30)31)14-35-21-8-7-20(23(21)16-4-2-1-3-5-16)32-13-19-6-9-22(34)33-19/h1-5,10-12,19-21,23,32H,6-9,13-14H2,(H,33,34)/t19-,20+,21-,23-/m0/s1. The fourth-order valence-corrected chi connectivity index (χ4v) is 4.93. The number of rotatable bonds is 7. The van der Waals surface area contributed by atoms with Crippen LogP contribution in [0.1, 0.15) is 53.9 Å². The van der Waals surface area contributed by atoms with E-state index in [-0.39, 0.29) is 42.1 Å². The number of carbonyl (C=O) groups excluding carboxylic acids is 1. The predicted molar refractivity (Wildman–Crippen MR) is 116 cm³/mol. The highest BCUT2D eigenvalue weighted by Crippen LogP contribution is 2.39. The van der Waals surface area contributed by atoms with Gasteiger partial charge >= 0.3 is 12.4 Å². The van der Waals surface area contributed by atoms with Crippen LogP contribution in [-0.2, 0) is 28.5 Å². The summed E-state index contributed by atoms with van der Waals surface area (Å²) in [6.07, 6.45) is -7.65. The van der Waals surface area contributed by atoms with E-state index >= 15 is 0 Å². The molecule has 0 spiro atoms. The second-order valence-electron chi connectivity index (χ2n) is 9.10. The molecular formula is C25H26F6N2O2. The van der Waals surface area contributed by atoms with Gasteiger partial charge in [0.15, 0.2) is 0 Å². The monoisotopic (exact) mass is 500 g/mol. The molecule has 1 amide bonds. The van der Waals surface area contributed by atoms with Crippen molar-refractivity contribution in [3.05, 3.63) is 70.8 Å². The Labute approximate surface area is 199 Å². The largest absolute Gasteiger partial charge is 0.416 e. The molecule has 2 aromatic rings. The molecule has 10 heteroatoms. The quantitative estimate of drug-likeness (QED) is 0.499. The van der Waals surface area contributed by atoms with E-state index in [1.54, 1.807) is 0 Å². The first-order valence-electron chi connectivity index (χ1n) is 11.5. The molecule has 1 saturated heterocycles. The van der Waals surface area contributed by atoms with E-state index in [1.807, 2.05) is 30.3 Å². The maximum Gasteiger partial charge on any atom is 0.416 e. The Morgan fingerprint density at radius 1 is 0.914 bits per heavy atom. The Bertz CT molecular complexity index is 993. The summed E-state index contributed by atoms with van der Waals surface area (Å²) in [6, 6.07) is 11.1. The second-order valence-corrected chi connectivity index (χ2v) is 9.10. The minimum Gasteiger partial charge on any atom is -0.373 e. The van der Waals surface area contributed by atoms with Crippen molar-refractivity contribution >= 4 is 5.91 Å². The van der Waals surface area contributed by atoms with E-state index in [4.69, 9.17) is 4.74 Å². The van der Waals surface area contributed by atoms with Crippen molar-refractivity contribution in [2.75, 3.05) is 6.54 Å². The van der Waals surface area contributed by atoms with E-state index in [0.29, 0.717) is 31.5 Å². The summed E-state index contributed by atoms with van der Waals surface area (Å²) in [7, 11) is 0.